The molecule has 0 fully saturated rings. The average Bonchev–Trinajstić information content (AvgIpc) is 2.38. The van der Waals surface area contributed by atoms with E-state index in [4.69, 9.17) is 21.1 Å². The maximum atomic E-state index is 6.04. The third-order valence-corrected chi connectivity index (χ3v) is 2.97. The third kappa shape index (κ3) is 2.96. The summed E-state index contributed by atoms with van der Waals surface area (Å²) in [6.07, 6.45) is 0. The van der Waals surface area contributed by atoms with Gasteiger partial charge in [0.15, 0.2) is 0 Å². The van der Waals surface area contributed by atoms with Crippen LogP contribution in [0.3, 0.4) is 0 Å². The minimum Gasteiger partial charge on any atom is -0.496 e. The van der Waals surface area contributed by atoms with E-state index < -0.39 is 0 Å². The number of benzene rings is 2. The number of para-hydroxylation sites is 1. The monoisotopic (exact) mass is 262 g/mol. The molecule has 0 amide bonds. The fraction of sp³-hybridized carbons (Fsp3) is 0.200. The number of ether oxygens (including phenoxy) is 2. The Morgan fingerprint density at radius 3 is 2.56 bits per heavy atom. The largest absolute Gasteiger partial charge is 0.496 e. The Morgan fingerprint density at radius 1 is 1.06 bits per heavy atom. The second-order valence-corrected chi connectivity index (χ2v) is 4.44. The molecular weight excluding hydrogens is 248 g/mol. The first-order valence-electron chi connectivity index (χ1n) is 5.71. The molecule has 0 saturated heterocycles. The molecule has 0 saturated carbocycles. The van der Waals surface area contributed by atoms with Crippen LogP contribution in [0.25, 0.3) is 0 Å². The van der Waals surface area contributed by atoms with Crippen LogP contribution in [0.15, 0.2) is 42.5 Å². The van der Waals surface area contributed by atoms with Crippen LogP contribution in [0.1, 0.15) is 11.1 Å². The Morgan fingerprint density at radius 2 is 1.83 bits per heavy atom. The molecule has 0 aliphatic rings. The van der Waals surface area contributed by atoms with Crippen molar-refractivity contribution in [2.75, 3.05) is 7.11 Å². The predicted octanol–water partition coefficient (Wildman–Crippen LogP) is 4.24. The summed E-state index contributed by atoms with van der Waals surface area (Å²) in [6, 6.07) is 13.4. The van der Waals surface area contributed by atoms with E-state index in [1.807, 2.05) is 43.3 Å². The molecule has 94 valence electrons. The summed E-state index contributed by atoms with van der Waals surface area (Å²) in [5, 5.41) is 0.615. The Labute approximate surface area is 112 Å². The highest BCUT2D eigenvalue weighted by molar-refractivity contribution is 6.32. The Balaban J connectivity index is 2.15. The van der Waals surface area contributed by atoms with Crippen LogP contribution in [0, 0.1) is 6.92 Å². The first-order valence-corrected chi connectivity index (χ1v) is 6.09. The number of aryl methyl sites for hydroxylation is 1. The Hall–Kier alpha value is -1.67. The highest BCUT2D eigenvalue weighted by Crippen LogP contribution is 2.26. The normalized spacial score (nSPS) is 10.2. The van der Waals surface area contributed by atoms with E-state index in [1.165, 1.54) is 5.56 Å². The second-order valence-electron chi connectivity index (χ2n) is 4.03. The molecule has 2 aromatic rings. The number of methoxy groups -OCH3 is 1. The highest BCUT2D eigenvalue weighted by Gasteiger charge is 2.05. The molecule has 0 spiro atoms. The first kappa shape index (κ1) is 12.8. The van der Waals surface area contributed by atoms with Crippen LogP contribution in [0.5, 0.6) is 11.5 Å². The molecule has 2 aromatic carbocycles. The van der Waals surface area contributed by atoms with Crippen LogP contribution in [0.2, 0.25) is 5.02 Å². The zero-order valence-electron chi connectivity index (χ0n) is 10.4. The van der Waals surface area contributed by atoms with Crippen LogP contribution < -0.4 is 9.47 Å². The lowest BCUT2D eigenvalue weighted by atomic mass is 10.1. The second kappa shape index (κ2) is 5.78. The SMILES string of the molecule is COc1ccc(C)cc1COc1ccccc1Cl. The van der Waals surface area contributed by atoms with E-state index in [-0.39, 0.29) is 0 Å². The summed E-state index contributed by atoms with van der Waals surface area (Å²) in [7, 11) is 1.66. The van der Waals surface area contributed by atoms with Gasteiger partial charge < -0.3 is 9.47 Å². The average molecular weight is 263 g/mol. The predicted molar refractivity (Wildman–Crippen MR) is 73.5 cm³/mol. The number of hydrogen-bond acceptors (Lipinski definition) is 2. The summed E-state index contributed by atoms with van der Waals surface area (Å²) >= 11 is 6.04. The number of hydrogen-bond donors (Lipinski definition) is 0. The molecule has 0 aromatic heterocycles. The van der Waals surface area contributed by atoms with Crippen molar-refractivity contribution in [3.63, 3.8) is 0 Å². The first-order chi connectivity index (χ1) is 8.70. The van der Waals surface area contributed by atoms with Crippen molar-refractivity contribution < 1.29 is 9.47 Å². The summed E-state index contributed by atoms with van der Waals surface area (Å²) in [5.41, 5.74) is 2.19. The van der Waals surface area contributed by atoms with E-state index in [2.05, 4.69) is 6.07 Å². The van der Waals surface area contributed by atoms with Gasteiger partial charge >= 0.3 is 0 Å². The molecule has 2 rings (SSSR count). The van der Waals surface area contributed by atoms with Crippen molar-refractivity contribution in [1.29, 1.82) is 0 Å². The Bertz CT molecular complexity index is 538. The van der Waals surface area contributed by atoms with Crippen LogP contribution in [0.4, 0.5) is 0 Å². The molecule has 0 atom stereocenters. The number of halogens is 1. The number of rotatable bonds is 4. The van der Waals surface area contributed by atoms with Gasteiger partial charge in [-0.25, -0.2) is 0 Å². The maximum Gasteiger partial charge on any atom is 0.138 e. The van der Waals surface area contributed by atoms with Crippen LogP contribution >= 0.6 is 11.6 Å². The minimum atomic E-state index is 0.439. The van der Waals surface area contributed by atoms with Gasteiger partial charge in [-0.2, -0.15) is 0 Å². The van der Waals surface area contributed by atoms with Crippen molar-refractivity contribution >= 4 is 11.6 Å². The zero-order chi connectivity index (χ0) is 13.0. The maximum absolute atomic E-state index is 6.04. The fourth-order valence-corrected chi connectivity index (χ4v) is 1.93. The third-order valence-electron chi connectivity index (χ3n) is 2.66. The Kier molecular flexibility index (Phi) is 4.11. The van der Waals surface area contributed by atoms with Crippen molar-refractivity contribution in [2.45, 2.75) is 13.5 Å². The molecule has 0 bridgehead atoms. The molecular formula is C15H15ClO2. The van der Waals surface area contributed by atoms with Crippen molar-refractivity contribution in [3.8, 4) is 11.5 Å². The van der Waals surface area contributed by atoms with Gasteiger partial charge in [0.2, 0.25) is 0 Å². The van der Waals surface area contributed by atoms with Gasteiger partial charge in [0.25, 0.3) is 0 Å². The minimum absolute atomic E-state index is 0.439. The van der Waals surface area contributed by atoms with Gasteiger partial charge in [-0.1, -0.05) is 35.4 Å². The molecule has 0 aliphatic carbocycles. The quantitative estimate of drug-likeness (QED) is 0.821. The van der Waals surface area contributed by atoms with Gasteiger partial charge in [0.05, 0.1) is 12.1 Å². The smallest absolute Gasteiger partial charge is 0.138 e. The summed E-state index contributed by atoms with van der Waals surface area (Å²) < 4.78 is 11.0. The molecule has 2 nitrogen and oxygen atoms in total. The fourth-order valence-electron chi connectivity index (χ4n) is 1.74. The van der Waals surface area contributed by atoms with Gasteiger partial charge in [-0.15, -0.1) is 0 Å². The van der Waals surface area contributed by atoms with Gasteiger partial charge in [0.1, 0.15) is 18.1 Å². The lowest BCUT2D eigenvalue weighted by Gasteiger charge is -2.11. The standard InChI is InChI=1S/C15H15ClO2/c1-11-7-8-14(17-2)12(9-11)10-18-15-6-4-3-5-13(15)16/h3-9H,10H2,1-2H3. The van der Waals surface area contributed by atoms with Crippen molar-refractivity contribution in [3.05, 3.63) is 58.6 Å². The summed E-state index contributed by atoms with van der Waals surface area (Å²) in [6.45, 7) is 2.48. The highest BCUT2D eigenvalue weighted by atomic mass is 35.5. The van der Waals surface area contributed by atoms with Gasteiger partial charge in [-0.3, -0.25) is 0 Å². The van der Waals surface area contributed by atoms with Crippen molar-refractivity contribution in [2.24, 2.45) is 0 Å². The van der Waals surface area contributed by atoms with Crippen molar-refractivity contribution in [1.82, 2.24) is 0 Å². The van der Waals surface area contributed by atoms with E-state index >= 15 is 0 Å². The lowest BCUT2D eigenvalue weighted by molar-refractivity contribution is 0.297. The van der Waals surface area contributed by atoms with E-state index in [0.717, 1.165) is 11.3 Å². The molecule has 0 aliphatic heterocycles. The molecule has 0 radical (unpaired) electrons. The molecule has 18 heavy (non-hydrogen) atoms. The summed E-state index contributed by atoms with van der Waals surface area (Å²) in [4.78, 5) is 0. The van der Waals surface area contributed by atoms with Crippen LogP contribution in [-0.4, -0.2) is 7.11 Å². The van der Waals surface area contributed by atoms with Gasteiger partial charge in [0, 0.05) is 5.56 Å². The van der Waals surface area contributed by atoms with E-state index in [9.17, 15) is 0 Å². The molecule has 3 heteroatoms. The zero-order valence-corrected chi connectivity index (χ0v) is 11.2. The van der Waals surface area contributed by atoms with Gasteiger partial charge in [-0.05, 0) is 31.2 Å². The topological polar surface area (TPSA) is 18.5 Å². The molecule has 0 N–H and O–H groups in total. The van der Waals surface area contributed by atoms with Crippen LogP contribution in [-0.2, 0) is 6.61 Å². The molecule has 0 unspecified atom stereocenters. The van der Waals surface area contributed by atoms with E-state index in [0.29, 0.717) is 17.4 Å². The summed E-state index contributed by atoms with van der Waals surface area (Å²) in [5.74, 6) is 1.51. The van der Waals surface area contributed by atoms with E-state index in [1.54, 1.807) is 7.11 Å². The lowest BCUT2D eigenvalue weighted by Crippen LogP contribution is -1.99. The molecule has 0 heterocycles.